The van der Waals surface area contributed by atoms with Crippen molar-refractivity contribution in [1.29, 1.82) is 5.26 Å². The summed E-state index contributed by atoms with van der Waals surface area (Å²) in [4.78, 5) is 11.9. The number of carbonyl (C=O) groups is 1. The fourth-order valence-electron chi connectivity index (χ4n) is 1.89. The fourth-order valence-corrected chi connectivity index (χ4v) is 1.89. The summed E-state index contributed by atoms with van der Waals surface area (Å²) >= 11 is 0. The zero-order valence-electron chi connectivity index (χ0n) is 9.16. The predicted molar refractivity (Wildman–Crippen MR) is 61.5 cm³/mol. The van der Waals surface area contributed by atoms with E-state index in [1.165, 1.54) is 18.2 Å². The molecule has 0 bridgehead atoms. The molecule has 1 aromatic rings. The molecule has 3 nitrogen and oxygen atoms in total. The van der Waals surface area contributed by atoms with E-state index in [0.717, 1.165) is 6.42 Å². The van der Waals surface area contributed by atoms with E-state index in [2.05, 4.69) is 5.32 Å². The molecule has 1 aromatic carbocycles. The molecule has 2 rings (SSSR count). The quantitative estimate of drug-likeness (QED) is 0.849. The molecule has 17 heavy (non-hydrogen) atoms. The Morgan fingerprint density at radius 2 is 2.24 bits per heavy atom. The van der Waals surface area contributed by atoms with Crippen LogP contribution in [-0.4, -0.2) is 5.91 Å². The Balaban J connectivity index is 2.15. The van der Waals surface area contributed by atoms with Crippen LogP contribution in [0.5, 0.6) is 0 Å². The van der Waals surface area contributed by atoms with Crippen molar-refractivity contribution in [3.63, 3.8) is 0 Å². The summed E-state index contributed by atoms with van der Waals surface area (Å²) in [5.74, 6) is -0.701. The van der Waals surface area contributed by atoms with E-state index >= 15 is 0 Å². The van der Waals surface area contributed by atoms with Gasteiger partial charge in [0, 0.05) is 16.8 Å². The Bertz CT molecular complexity index is 528. The molecule has 0 heterocycles. The average molecular weight is 230 g/mol. The largest absolute Gasteiger partial charge is 0.322 e. The molecule has 1 aliphatic rings. The standard InChI is InChI=1S/C13H11FN2O/c14-10-4-2-5-11(7-10)16-13(17)12-6-1-3-9(12)8-15/h2,4-5,7H,1,3,6H2,(H,16,17). The van der Waals surface area contributed by atoms with Gasteiger partial charge >= 0.3 is 0 Å². The first kappa shape index (κ1) is 11.3. The molecule has 0 atom stereocenters. The number of halogens is 1. The van der Waals surface area contributed by atoms with Crippen molar-refractivity contribution in [3.8, 4) is 6.07 Å². The third-order valence-corrected chi connectivity index (χ3v) is 2.71. The number of amides is 1. The highest BCUT2D eigenvalue weighted by Gasteiger charge is 2.20. The summed E-state index contributed by atoms with van der Waals surface area (Å²) in [7, 11) is 0. The lowest BCUT2D eigenvalue weighted by Crippen LogP contribution is -2.14. The predicted octanol–water partition coefficient (Wildman–Crippen LogP) is 2.77. The van der Waals surface area contributed by atoms with Gasteiger partial charge in [0.1, 0.15) is 5.82 Å². The SMILES string of the molecule is N#CC1=C(C(=O)Nc2cccc(F)c2)CCC1. The van der Waals surface area contributed by atoms with E-state index in [0.29, 0.717) is 29.7 Å². The lowest BCUT2D eigenvalue weighted by molar-refractivity contribution is -0.112. The van der Waals surface area contributed by atoms with Crippen molar-refractivity contribution in [2.24, 2.45) is 0 Å². The summed E-state index contributed by atoms with van der Waals surface area (Å²) in [6, 6.07) is 7.74. The van der Waals surface area contributed by atoms with Gasteiger partial charge in [-0.2, -0.15) is 5.26 Å². The number of allylic oxidation sites excluding steroid dienone is 1. The molecule has 86 valence electrons. The van der Waals surface area contributed by atoms with Crippen LogP contribution in [0.4, 0.5) is 10.1 Å². The first-order valence-electron chi connectivity index (χ1n) is 5.40. The number of nitrogens with zero attached hydrogens (tertiary/aromatic N) is 1. The molecule has 0 aliphatic heterocycles. The molecule has 0 saturated carbocycles. The Kier molecular flexibility index (Phi) is 3.20. The van der Waals surface area contributed by atoms with Crippen LogP contribution in [-0.2, 0) is 4.79 Å². The summed E-state index contributed by atoms with van der Waals surface area (Å²) in [5, 5.41) is 11.4. The number of hydrogen-bond acceptors (Lipinski definition) is 2. The van der Waals surface area contributed by atoms with Crippen LogP contribution in [0.15, 0.2) is 35.4 Å². The Labute approximate surface area is 98.6 Å². The minimum Gasteiger partial charge on any atom is -0.322 e. The van der Waals surface area contributed by atoms with Crippen molar-refractivity contribution in [2.45, 2.75) is 19.3 Å². The second-order valence-electron chi connectivity index (χ2n) is 3.89. The second kappa shape index (κ2) is 4.79. The van der Waals surface area contributed by atoms with Gasteiger partial charge in [0.05, 0.1) is 6.07 Å². The van der Waals surface area contributed by atoms with Gasteiger partial charge in [-0.1, -0.05) is 6.07 Å². The normalized spacial score (nSPS) is 14.6. The van der Waals surface area contributed by atoms with Crippen LogP contribution in [0.2, 0.25) is 0 Å². The number of nitrogens with one attached hydrogen (secondary N) is 1. The summed E-state index contributed by atoms with van der Waals surface area (Å²) in [5.41, 5.74) is 1.47. The summed E-state index contributed by atoms with van der Waals surface area (Å²) < 4.78 is 12.9. The number of hydrogen-bond donors (Lipinski definition) is 1. The van der Waals surface area contributed by atoms with Crippen LogP contribution in [0.25, 0.3) is 0 Å². The molecule has 4 heteroatoms. The van der Waals surface area contributed by atoms with Crippen LogP contribution < -0.4 is 5.32 Å². The van der Waals surface area contributed by atoms with E-state index in [4.69, 9.17) is 5.26 Å². The molecule has 1 amide bonds. The van der Waals surface area contributed by atoms with Crippen LogP contribution in [0, 0.1) is 17.1 Å². The maximum Gasteiger partial charge on any atom is 0.252 e. The van der Waals surface area contributed by atoms with E-state index in [-0.39, 0.29) is 5.91 Å². The minimum atomic E-state index is -0.399. The van der Waals surface area contributed by atoms with Crippen molar-refractivity contribution >= 4 is 11.6 Å². The zero-order chi connectivity index (χ0) is 12.3. The smallest absolute Gasteiger partial charge is 0.252 e. The van der Waals surface area contributed by atoms with Crippen LogP contribution in [0.3, 0.4) is 0 Å². The second-order valence-corrected chi connectivity index (χ2v) is 3.89. The number of nitriles is 1. The van der Waals surface area contributed by atoms with Gasteiger partial charge in [-0.05, 0) is 37.5 Å². The van der Waals surface area contributed by atoms with E-state index in [1.54, 1.807) is 6.07 Å². The van der Waals surface area contributed by atoms with Gasteiger partial charge in [-0.15, -0.1) is 0 Å². The summed E-state index contributed by atoms with van der Waals surface area (Å²) in [6.07, 6.45) is 2.10. The maximum absolute atomic E-state index is 12.9. The highest BCUT2D eigenvalue weighted by atomic mass is 19.1. The first-order chi connectivity index (χ1) is 8.20. The molecular weight excluding hydrogens is 219 g/mol. The molecular formula is C13H11FN2O. The van der Waals surface area contributed by atoms with Gasteiger partial charge in [0.25, 0.3) is 5.91 Å². The molecule has 0 radical (unpaired) electrons. The average Bonchev–Trinajstić information content (AvgIpc) is 2.77. The van der Waals surface area contributed by atoms with Gasteiger partial charge in [0.2, 0.25) is 0 Å². The molecule has 0 saturated heterocycles. The Morgan fingerprint density at radius 1 is 1.41 bits per heavy atom. The monoisotopic (exact) mass is 230 g/mol. The molecule has 0 spiro atoms. The Hall–Kier alpha value is -2.15. The van der Waals surface area contributed by atoms with E-state index in [9.17, 15) is 9.18 Å². The van der Waals surface area contributed by atoms with Gasteiger partial charge in [0.15, 0.2) is 0 Å². The van der Waals surface area contributed by atoms with Crippen molar-refractivity contribution in [2.75, 3.05) is 5.32 Å². The maximum atomic E-state index is 12.9. The van der Waals surface area contributed by atoms with Crippen LogP contribution in [0.1, 0.15) is 19.3 Å². The number of benzene rings is 1. The lowest BCUT2D eigenvalue weighted by Gasteiger charge is -2.06. The molecule has 0 aromatic heterocycles. The topological polar surface area (TPSA) is 52.9 Å². The number of rotatable bonds is 2. The third kappa shape index (κ3) is 2.51. The van der Waals surface area contributed by atoms with Crippen molar-refractivity contribution in [1.82, 2.24) is 0 Å². The molecule has 0 unspecified atom stereocenters. The van der Waals surface area contributed by atoms with Gasteiger partial charge < -0.3 is 5.32 Å². The van der Waals surface area contributed by atoms with Crippen LogP contribution >= 0.6 is 0 Å². The number of carbonyl (C=O) groups excluding carboxylic acids is 1. The third-order valence-electron chi connectivity index (χ3n) is 2.71. The van der Waals surface area contributed by atoms with Gasteiger partial charge in [-0.3, -0.25) is 4.79 Å². The summed E-state index contributed by atoms with van der Waals surface area (Å²) in [6.45, 7) is 0. The molecule has 0 fully saturated rings. The highest BCUT2D eigenvalue weighted by Crippen LogP contribution is 2.26. The van der Waals surface area contributed by atoms with Gasteiger partial charge in [-0.25, -0.2) is 4.39 Å². The fraction of sp³-hybridized carbons (Fsp3) is 0.231. The lowest BCUT2D eigenvalue weighted by atomic mass is 10.1. The van der Waals surface area contributed by atoms with E-state index in [1.807, 2.05) is 6.07 Å². The molecule has 1 aliphatic carbocycles. The molecule has 1 N–H and O–H groups in total. The van der Waals surface area contributed by atoms with E-state index < -0.39 is 5.82 Å². The minimum absolute atomic E-state index is 0.301. The Morgan fingerprint density at radius 3 is 2.94 bits per heavy atom. The van der Waals surface area contributed by atoms with Crippen molar-refractivity contribution in [3.05, 3.63) is 41.2 Å². The zero-order valence-corrected chi connectivity index (χ0v) is 9.16. The number of anilines is 1. The highest BCUT2D eigenvalue weighted by molar-refractivity contribution is 6.05. The van der Waals surface area contributed by atoms with Crippen molar-refractivity contribution < 1.29 is 9.18 Å². The first-order valence-corrected chi connectivity index (χ1v) is 5.40.